The van der Waals surface area contributed by atoms with Gasteiger partial charge in [-0.1, -0.05) is 12.1 Å². The number of hydrogen-bond donors (Lipinski definition) is 3. The van der Waals surface area contributed by atoms with E-state index in [0.717, 1.165) is 27.8 Å². The van der Waals surface area contributed by atoms with Crippen LogP contribution in [0.15, 0.2) is 24.4 Å². The number of aryl methyl sites for hydroxylation is 1. The molecule has 0 saturated carbocycles. The summed E-state index contributed by atoms with van der Waals surface area (Å²) in [6.45, 7) is 4.68. The normalized spacial score (nSPS) is 10.4. The average Bonchev–Trinajstić information content (AvgIpc) is 2.36. The van der Waals surface area contributed by atoms with Crippen LogP contribution in [-0.4, -0.2) is 24.0 Å². The van der Waals surface area contributed by atoms with Crippen molar-refractivity contribution in [2.24, 2.45) is 0 Å². The van der Waals surface area contributed by atoms with Crippen LogP contribution in [0.25, 0.3) is 10.8 Å². The molecule has 1 heterocycles. The van der Waals surface area contributed by atoms with Crippen molar-refractivity contribution < 1.29 is 4.79 Å². The zero-order valence-corrected chi connectivity index (χ0v) is 11.2. The number of carbonyl (C=O) groups is 1. The molecule has 0 radical (unpaired) electrons. The van der Waals surface area contributed by atoms with Gasteiger partial charge in [-0.2, -0.15) is 0 Å². The maximum Gasteiger partial charge on any atom is 0.216 e. The van der Waals surface area contributed by atoms with E-state index in [-0.39, 0.29) is 5.91 Å². The Bertz CT molecular complexity index is 601. The maximum atomic E-state index is 10.8. The molecule has 0 aliphatic heterocycles. The SMILES string of the molecule is CC(=O)NCCNc1ncc(C)c2c(N)cccc12. The van der Waals surface area contributed by atoms with Crippen molar-refractivity contribution in [1.29, 1.82) is 0 Å². The molecule has 5 nitrogen and oxygen atoms in total. The molecule has 1 aromatic heterocycles. The monoisotopic (exact) mass is 258 g/mol. The summed E-state index contributed by atoms with van der Waals surface area (Å²) in [4.78, 5) is 15.2. The van der Waals surface area contributed by atoms with E-state index in [0.29, 0.717) is 13.1 Å². The van der Waals surface area contributed by atoms with Crippen LogP contribution in [0.5, 0.6) is 0 Å². The van der Waals surface area contributed by atoms with Crippen molar-refractivity contribution in [1.82, 2.24) is 10.3 Å². The number of fused-ring (bicyclic) bond motifs is 1. The van der Waals surface area contributed by atoms with Crippen LogP contribution in [0.1, 0.15) is 12.5 Å². The van der Waals surface area contributed by atoms with Crippen LogP contribution >= 0.6 is 0 Å². The van der Waals surface area contributed by atoms with E-state index in [1.54, 1.807) is 6.20 Å². The minimum absolute atomic E-state index is 0.0345. The van der Waals surface area contributed by atoms with E-state index in [9.17, 15) is 4.79 Å². The van der Waals surface area contributed by atoms with E-state index < -0.39 is 0 Å². The van der Waals surface area contributed by atoms with Crippen LogP contribution in [0.4, 0.5) is 11.5 Å². The Morgan fingerprint density at radius 2 is 2.16 bits per heavy atom. The molecular weight excluding hydrogens is 240 g/mol. The number of hydrogen-bond acceptors (Lipinski definition) is 4. The number of nitrogen functional groups attached to an aromatic ring is 1. The lowest BCUT2D eigenvalue weighted by atomic mass is 10.1. The molecule has 0 fully saturated rings. The third kappa shape index (κ3) is 2.93. The molecule has 19 heavy (non-hydrogen) atoms. The fourth-order valence-electron chi connectivity index (χ4n) is 2.06. The molecule has 0 bridgehead atoms. The van der Waals surface area contributed by atoms with Gasteiger partial charge in [0.2, 0.25) is 5.91 Å². The Morgan fingerprint density at radius 3 is 2.89 bits per heavy atom. The molecule has 0 aliphatic carbocycles. The van der Waals surface area contributed by atoms with Crippen molar-refractivity contribution in [3.63, 3.8) is 0 Å². The average molecular weight is 258 g/mol. The van der Waals surface area contributed by atoms with Gasteiger partial charge in [-0.05, 0) is 18.6 Å². The highest BCUT2D eigenvalue weighted by molar-refractivity contribution is 6.01. The number of carbonyl (C=O) groups excluding carboxylic acids is 1. The Kier molecular flexibility index (Phi) is 3.85. The first-order valence-corrected chi connectivity index (χ1v) is 6.21. The van der Waals surface area contributed by atoms with E-state index in [2.05, 4.69) is 15.6 Å². The smallest absolute Gasteiger partial charge is 0.216 e. The van der Waals surface area contributed by atoms with Gasteiger partial charge >= 0.3 is 0 Å². The number of amides is 1. The third-order valence-electron chi connectivity index (χ3n) is 2.92. The van der Waals surface area contributed by atoms with Crippen LogP contribution < -0.4 is 16.4 Å². The molecule has 1 amide bonds. The van der Waals surface area contributed by atoms with Crippen molar-refractivity contribution in [3.8, 4) is 0 Å². The quantitative estimate of drug-likeness (QED) is 0.575. The summed E-state index contributed by atoms with van der Waals surface area (Å²) in [6, 6.07) is 5.79. The Balaban J connectivity index is 2.22. The van der Waals surface area contributed by atoms with E-state index in [4.69, 9.17) is 5.73 Å². The number of nitrogens with zero attached hydrogens (tertiary/aromatic N) is 1. The first kappa shape index (κ1) is 13.1. The lowest BCUT2D eigenvalue weighted by Crippen LogP contribution is -2.26. The number of rotatable bonds is 4. The van der Waals surface area contributed by atoms with Gasteiger partial charge in [0.1, 0.15) is 5.82 Å². The first-order chi connectivity index (χ1) is 9.09. The molecule has 0 unspecified atom stereocenters. The number of pyridine rings is 1. The lowest BCUT2D eigenvalue weighted by Gasteiger charge is -2.12. The maximum absolute atomic E-state index is 10.8. The fraction of sp³-hybridized carbons (Fsp3) is 0.286. The van der Waals surface area contributed by atoms with Gasteiger partial charge in [0.25, 0.3) is 0 Å². The standard InChI is InChI=1S/C14H18N4O/c1-9-8-18-14(17-7-6-16-10(2)19)11-4-3-5-12(15)13(9)11/h3-5,8H,6-7,15H2,1-2H3,(H,16,19)(H,17,18). The first-order valence-electron chi connectivity index (χ1n) is 6.21. The van der Waals surface area contributed by atoms with E-state index in [1.807, 2.05) is 25.1 Å². The summed E-state index contributed by atoms with van der Waals surface area (Å²) in [5, 5.41) is 7.98. The highest BCUT2D eigenvalue weighted by Crippen LogP contribution is 2.28. The summed E-state index contributed by atoms with van der Waals surface area (Å²) in [5.41, 5.74) is 7.82. The summed E-state index contributed by atoms with van der Waals surface area (Å²) in [7, 11) is 0. The van der Waals surface area contributed by atoms with Crippen molar-refractivity contribution >= 4 is 28.2 Å². The number of benzene rings is 1. The molecule has 0 saturated heterocycles. The summed E-state index contributed by atoms with van der Waals surface area (Å²) >= 11 is 0. The second-order valence-electron chi connectivity index (χ2n) is 4.47. The minimum atomic E-state index is -0.0345. The Labute approximate surface area is 112 Å². The van der Waals surface area contributed by atoms with Crippen LogP contribution in [0, 0.1) is 6.92 Å². The summed E-state index contributed by atoms with van der Waals surface area (Å²) < 4.78 is 0. The van der Waals surface area contributed by atoms with Gasteiger partial charge in [-0.15, -0.1) is 0 Å². The van der Waals surface area contributed by atoms with Crippen LogP contribution in [0.2, 0.25) is 0 Å². The number of anilines is 2. The van der Waals surface area contributed by atoms with Gasteiger partial charge in [-0.25, -0.2) is 4.98 Å². The highest BCUT2D eigenvalue weighted by atomic mass is 16.1. The predicted octanol–water partition coefficient (Wildman–Crippen LogP) is 1.67. The Morgan fingerprint density at radius 1 is 1.37 bits per heavy atom. The molecule has 1 aromatic carbocycles. The molecule has 0 atom stereocenters. The summed E-state index contributed by atoms with van der Waals surface area (Å²) in [5.74, 6) is 0.756. The van der Waals surface area contributed by atoms with Gasteiger partial charge in [0.05, 0.1) is 0 Å². The van der Waals surface area contributed by atoms with Crippen LogP contribution in [0.3, 0.4) is 0 Å². The van der Waals surface area contributed by atoms with Crippen molar-refractivity contribution in [2.75, 3.05) is 24.1 Å². The number of aromatic nitrogens is 1. The zero-order chi connectivity index (χ0) is 13.8. The van der Waals surface area contributed by atoms with Gasteiger partial charge in [0, 0.05) is 42.7 Å². The van der Waals surface area contributed by atoms with Crippen LogP contribution in [-0.2, 0) is 4.79 Å². The lowest BCUT2D eigenvalue weighted by molar-refractivity contribution is -0.118. The number of nitrogens with one attached hydrogen (secondary N) is 2. The van der Waals surface area contributed by atoms with Gasteiger partial charge in [-0.3, -0.25) is 4.79 Å². The minimum Gasteiger partial charge on any atom is -0.398 e. The zero-order valence-electron chi connectivity index (χ0n) is 11.2. The molecule has 5 heteroatoms. The Hall–Kier alpha value is -2.30. The third-order valence-corrected chi connectivity index (χ3v) is 2.92. The van der Waals surface area contributed by atoms with Gasteiger partial charge in [0.15, 0.2) is 0 Å². The molecule has 0 spiro atoms. The van der Waals surface area contributed by atoms with Gasteiger partial charge < -0.3 is 16.4 Å². The van der Waals surface area contributed by atoms with E-state index in [1.165, 1.54) is 6.92 Å². The second kappa shape index (κ2) is 5.56. The number of nitrogens with two attached hydrogens (primary N) is 1. The van der Waals surface area contributed by atoms with Crippen molar-refractivity contribution in [3.05, 3.63) is 30.0 Å². The molecule has 100 valence electrons. The molecule has 0 aliphatic rings. The van der Waals surface area contributed by atoms with E-state index >= 15 is 0 Å². The fourth-order valence-corrected chi connectivity index (χ4v) is 2.06. The topological polar surface area (TPSA) is 80.0 Å². The summed E-state index contributed by atoms with van der Waals surface area (Å²) in [6.07, 6.45) is 1.80. The molecule has 2 aromatic rings. The highest BCUT2D eigenvalue weighted by Gasteiger charge is 2.07. The molecule has 4 N–H and O–H groups in total. The molecular formula is C14H18N4O. The van der Waals surface area contributed by atoms with Crippen molar-refractivity contribution in [2.45, 2.75) is 13.8 Å². The second-order valence-corrected chi connectivity index (χ2v) is 4.47. The molecule has 2 rings (SSSR count). The largest absolute Gasteiger partial charge is 0.398 e. The predicted molar refractivity (Wildman–Crippen MR) is 78.1 cm³/mol.